The number of hydrogen-bond donors (Lipinski definition) is 0. The van der Waals surface area contributed by atoms with Crippen LogP contribution in [-0.2, 0) is 14.9 Å². The second-order valence-electron chi connectivity index (χ2n) is 7.44. The molecule has 2 nitrogen and oxygen atoms in total. The molecule has 0 aromatic heterocycles. The molecule has 0 heterocycles. The van der Waals surface area contributed by atoms with Gasteiger partial charge in [0.1, 0.15) is 0 Å². The summed E-state index contributed by atoms with van der Waals surface area (Å²) in [5, 5.41) is 5.15. The molecule has 0 aliphatic heterocycles. The Morgan fingerprint density at radius 1 is 0.880 bits per heavy atom. The quantitative estimate of drug-likeness (QED) is 0.314. The Balaban J connectivity index is 1.77. The Morgan fingerprint density at radius 2 is 1.52 bits per heavy atom. The van der Waals surface area contributed by atoms with E-state index in [0.29, 0.717) is 6.61 Å². The van der Waals surface area contributed by atoms with Gasteiger partial charge in [0, 0.05) is 6.92 Å². The van der Waals surface area contributed by atoms with Gasteiger partial charge in [0.05, 0.1) is 6.61 Å². The highest BCUT2D eigenvalue weighted by Gasteiger charge is 2.20. The zero-order chi connectivity index (χ0) is 17.9. The Hall–Kier alpha value is -2.35. The van der Waals surface area contributed by atoms with E-state index in [9.17, 15) is 4.79 Å². The SMILES string of the molecule is CC(=O)OCCCCC(C)(C)c1ccc2cc3ccccc3cc2c1. The van der Waals surface area contributed by atoms with E-state index in [4.69, 9.17) is 4.74 Å². The molecule has 0 saturated carbocycles. The van der Waals surface area contributed by atoms with Gasteiger partial charge in [-0.05, 0) is 63.9 Å². The average molecular weight is 334 g/mol. The third kappa shape index (κ3) is 4.19. The molecule has 0 bridgehead atoms. The first kappa shape index (κ1) is 17.5. The van der Waals surface area contributed by atoms with Crippen LogP contribution >= 0.6 is 0 Å². The number of benzene rings is 3. The Labute approximate surface area is 149 Å². The van der Waals surface area contributed by atoms with Crippen molar-refractivity contribution in [2.24, 2.45) is 0 Å². The highest BCUT2D eigenvalue weighted by atomic mass is 16.5. The molecular weight excluding hydrogens is 308 g/mol. The Kier molecular flexibility index (Phi) is 5.08. The predicted molar refractivity (Wildman–Crippen MR) is 105 cm³/mol. The molecule has 0 atom stereocenters. The second-order valence-corrected chi connectivity index (χ2v) is 7.44. The van der Waals surface area contributed by atoms with Gasteiger partial charge in [-0.15, -0.1) is 0 Å². The highest BCUT2D eigenvalue weighted by Crippen LogP contribution is 2.32. The summed E-state index contributed by atoms with van der Waals surface area (Å²) in [6.45, 7) is 6.57. The van der Waals surface area contributed by atoms with Gasteiger partial charge < -0.3 is 4.74 Å². The van der Waals surface area contributed by atoms with Gasteiger partial charge in [-0.2, -0.15) is 0 Å². The van der Waals surface area contributed by atoms with Gasteiger partial charge in [-0.25, -0.2) is 0 Å². The summed E-state index contributed by atoms with van der Waals surface area (Å²) in [4.78, 5) is 10.8. The molecule has 0 N–H and O–H groups in total. The number of unbranched alkanes of at least 4 members (excludes halogenated alkanes) is 1. The molecule has 25 heavy (non-hydrogen) atoms. The lowest BCUT2D eigenvalue weighted by Gasteiger charge is -2.26. The molecule has 0 radical (unpaired) electrons. The van der Waals surface area contributed by atoms with E-state index in [-0.39, 0.29) is 11.4 Å². The maximum absolute atomic E-state index is 10.8. The lowest BCUT2D eigenvalue weighted by molar-refractivity contribution is -0.141. The predicted octanol–water partition coefficient (Wildman–Crippen LogP) is 6.00. The third-order valence-corrected chi connectivity index (χ3v) is 4.99. The summed E-state index contributed by atoms with van der Waals surface area (Å²) in [5.74, 6) is -0.194. The van der Waals surface area contributed by atoms with Crippen LogP contribution in [0.15, 0.2) is 54.6 Å². The van der Waals surface area contributed by atoms with Crippen molar-refractivity contribution in [1.29, 1.82) is 0 Å². The summed E-state index contributed by atoms with van der Waals surface area (Å²) in [7, 11) is 0. The molecule has 0 unspecified atom stereocenters. The van der Waals surface area contributed by atoms with Crippen molar-refractivity contribution in [3.8, 4) is 0 Å². The summed E-state index contributed by atoms with van der Waals surface area (Å²) < 4.78 is 5.02. The minimum absolute atomic E-state index is 0.107. The molecule has 3 aromatic rings. The van der Waals surface area contributed by atoms with Gasteiger partial charge in [0.15, 0.2) is 0 Å². The van der Waals surface area contributed by atoms with Crippen LogP contribution in [0, 0.1) is 0 Å². The van der Waals surface area contributed by atoms with E-state index in [1.54, 1.807) is 0 Å². The molecule has 130 valence electrons. The van der Waals surface area contributed by atoms with E-state index in [1.165, 1.54) is 34.0 Å². The van der Waals surface area contributed by atoms with Gasteiger partial charge in [-0.3, -0.25) is 4.79 Å². The minimum Gasteiger partial charge on any atom is -0.466 e. The van der Waals surface area contributed by atoms with Crippen LogP contribution in [0.1, 0.15) is 45.6 Å². The first-order valence-electron chi connectivity index (χ1n) is 9.02. The van der Waals surface area contributed by atoms with Crippen LogP contribution < -0.4 is 0 Å². The van der Waals surface area contributed by atoms with E-state index < -0.39 is 0 Å². The molecular formula is C23H26O2. The number of ether oxygens (including phenoxy) is 1. The number of rotatable bonds is 6. The number of esters is 1. The Morgan fingerprint density at radius 3 is 2.20 bits per heavy atom. The van der Waals surface area contributed by atoms with Crippen molar-refractivity contribution >= 4 is 27.5 Å². The number of carbonyl (C=O) groups is 1. The van der Waals surface area contributed by atoms with Crippen molar-refractivity contribution in [2.45, 2.75) is 45.4 Å². The molecule has 0 amide bonds. The third-order valence-electron chi connectivity index (χ3n) is 4.99. The van der Waals surface area contributed by atoms with Crippen molar-refractivity contribution < 1.29 is 9.53 Å². The summed E-state index contributed by atoms with van der Waals surface area (Å²) in [6, 6.07) is 19.9. The van der Waals surface area contributed by atoms with E-state index in [2.05, 4.69) is 68.4 Å². The first-order valence-corrected chi connectivity index (χ1v) is 9.02. The first-order chi connectivity index (χ1) is 12.0. The lowest BCUT2D eigenvalue weighted by Crippen LogP contribution is -2.17. The molecule has 3 rings (SSSR count). The number of carbonyl (C=O) groups excluding carboxylic acids is 1. The average Bonchev–Trinajstić information content (AvgIpc) is 2.58. The maximum atomic E-state index is 10.8. The van der Waals surface area contributed by atoms with Crippen LogP contribution in [0.5, 0.6) is 0 Å². The summed E-state index contributed by atoms with van der Waals surface area (Å²) >= 11 is 0. The molecule has 0 saturated heterocycles. The fourth-order valence-corrected chi connectivity index (χ4v) is 3.39. The molecule has 0 aliphatic rings. The zero-order valence-corrected chi connectivity index (χ0v) is 15.3. The topological polar surface area (TPSA) is 26.3 Å². The monoisotopic (exact) mass is 334 g/mol. The Bertz CT molecular complexity index is 893. The normalized spacial score (nSPS) is 11.8. The maximum Gasteiger partial charge on any atom is 0.302 e. The largest absolute Gasteiger partial charge is 0.466 e. The summed E-state index contributed by atoms with van der Waals surface area (Å²) in [6.07, 6.45) is 3.05. The molecule has 0 aliphatic carbocycles. The zero-order valence-electron chi connectivity index (χ0n) is 15.3. The van der Waals surface area contributed by atoms with E-state index in [1.807, 2.05) is 0 Å². The lowest BCUT2D eigenvalue weighted by atomic mass is 9.79. The van der Waals surface area contributed by atoms with Crippen LogP contribution in [-0.4, -0.2) is 12.6 Å². The van der Waals surface area contributed by atoms with Gasteiger partial charge in [-0.1, -0.05) is 56.3 Å². The number of fused-ring (bicyclic) bond motifs is 2. The molecule has 3 aromatic carbocycles. The van der Waals surface area contributed by atoms with E-state index >= 15 is 0 Å². The number of hydrogen-bond acceptors (Lipinski definition) is 2. The van der Waals surface area contributed by atoms with Crippen LogP contribution in [0.2, 0.25) is 0 Å². The van der Waals surface area contributed by atoms with E-state index in [0.717, 1.165) is 19.3 Å². The second kappa shape index (κ2) is 7.26. The molecule has 0 spiro atoms. The van der Waals surface area contributed by atoms with Crippen LogP contribution in [0.3, 0.4) is 0 Å². The van der Waals surface area contributed by atoms with Crippen molar-refractivity contribution in [3.05, 3.63) is 60.2 Å². The van der Waals surface area contributed by atoms with Gasteiger partial charge in [0.2, 0.25) is 0 Å². The fraction of sp³-hybridized carbons (Fsp3) is 0.348. The molecule has 2 heteroatoms. The van der Waals surface area contributed by atoms with Crippen molar-refractivity contribution in [3.63, 3.8) is 0 Å². The fourth-order valence-electron chi connectivity index (χ4n) is 3.39. The van der Waals surface area contributed by atoms with Crippen LogP contribution in [0.25, 0.3) is 21.5 Å². The minimum atomic E-state index is -0.194. The molecule has 0 fully saturated rings. The van der Waals surface area contributed by atoms with Crippen molar-refractivity contribution in [1.82, 2.24) is 0 Å². The van der Waals surface area contributed by atoms with Crippen LogP contribution in [0.4, 0.5) is 0 Å². The van der Waals surface area contributed by atoms with Gasteiger partial charge >= 0.3 is 5.97 Å². The standard InChI is InChI=1S/C23H26O2/c1-17(24)25-13-7-6-12-23(2,3)22-11-10-20-14-18-8-4-5-9-19(18)15-21(20)16-22/h4-5,8-11,14-16H,6-7,12-13H2,1-3H3. The van der Waals surface area contributed by atoms with Gasteiger partial charge in [0.25, 0.3) is 0 Å². The van der Waals surface area contributed by atoms with Crippen molar-refractivity contribution in [2.75, 3.05) is 6.61 Å². The summed E-state index contributed by atoms with van der Waals surface area (Å²) in [5.41, 5.74) is 1.47. The highest BCUT2D eigenvalue weighted by molar-refractivity contribution is 5.98. The smallest absolute Gasteiger partial charge is 0.302 e.